The van der Waals surface area contributed by atoms with E-state index in [0.29, 0.717) is 11.5 Å². The Hall–Kier alpha value is -1.97. The van der Waals surface area contributed by atoms with E-state index in [1.54, 1.807) is 12.4 Å². The fourth-order valence-electron chi connectivity index (χ4n) is 1.76. The third kappa shape index (κ3) is 2.83. The summed E-state index contributed by atoms with van der Waals surface area (Å²) in [4.78, 5) is 15.1. The average molecular weight is 243 g/mol. The lowest BCUT2D eigenvalue weighted by atomic mass is 10.1. The van der Waals surface area contributed by atoms with Gasteiger partial charge in [0, 0.05) is 30.7 Å². The summed E-state index contributed by atoms with van der Waals surface area (Å²) in [5, 5.41) is 4.48. The molecule has 0 unspecified atom stereocenters. The van der Waals surface area contributed by atoms with Crippen molar-refractivity contribution in [1.82, 2.24) is 14.8 Å². The second kappa shape index (κ2) is 5.58. The summed E-state index contributed by atoms with van der Waals surface area (Å²) in [5.41, 5.74) is 2.29. The van der Waals surface area contributed by atoms with E-state index in [-0.39, 0.29) is 0 Å². The average Bonchev–Trinajstić information content (AvgIpc) is 2.80. The molecule has 0 aromatic carbocycles. The molecular formula is C14H17N3O. The van der Waals surface area contributed by atoms with Gasteiger partial charge in [-0.05, 0) is 24.5 Å². The summed E-state index contributed by atoms with van der Waals surface area (Å²) >= 11 is 0. The smallest absolute Gasteiger partial charge is 0.153 e. The molecule has 0 amide bonds. The van der Waals surface area contributed by atoms with Gasteiger partial charge in [0.15, 0.2) is 6.29 Å². The lowest BCUT2D eigenvalue weighted by Crippen LogP contribution is -2.02. The summed E-state index contributed by atoms with van der Waals surface area (Å²) in [5.74, 6) is 0.623. The van der Waals surface area contributed by atoms with Crippen molar-refractivity contribution in [2.24, 2.45) is 5.92 Å². The largest absolute Gasteiger partial charge is 0.298 e. The van der Waals surface area contributed by atoms with Gasteiger partial charge in [0.2, 0.25) is 0 Å². The van der Waals surface area contributed by atoms with Crippen LogP contribution >= 0.6 is 0 Å². The summed E-state index contributed by atoms with van der Waals surface area (Å²) in [6.07, 6.45) is 7.13. The highest BCUT2D eigenvalue weighted by Gasteiger charge is 2.10. The van der Waals surface area contributed by atoms with Crippen molar-refractivity contribution in [3.63, 3.8) is 0 Å². The number of nitrogens with zero attached hydrogens (tertiary/aromatic N) is 3. The molecule has 0 bridgehead atoms. The molecule has 0 aliphatic rings. The van der Waals surface area contributed by atoms with Crippen LogP contribution in [0.5, 0.6) is 0 Å². The van der Waals surface area contributed by atoms with Crippen LogP contribution in [-0.2, 0) is 6.54 Å². The van der Waals surface area contributed by atoms with Crippen molar-refractivity contribution in [2.45, 2.75) is 26.8 Å². The molecule has 2 aromatic heterocycles. The van der Waals surface area contributed by atoms with E-state index in [9.17, 15) is 4.79 Å². The normalized spacial score (nSPS) is 10.8. The predicted molar refractivity (Wildman–Crippen MR) is 70.3 cm³/mol. The van der Waals surface area contributed by atoms with Crippen LogP contribution in [0.15, 0.2) is 30.7 Å². The number of carbonyl (C=O) groups is 1. The van der Waals surface area contributed by atoms with E-state index in [4.69, 9.17) is 0 Å². The van der Waals surface area contributed by atoms with E-state index in [2.05, 4.69) is 23.9 Å². The third-order valence-electron chi connectivity index (χ3n) is 2.81. The first kappa shape index (κ1) is 12.5. The van der Waals surface area contributed by atoms with E-state index in [0.717, 1.165) is 30.5 Å². The standard InChI is InChI=1S/C14H17N3O/c1-11(2)5-8-17-9-13(10-18)14(16-17)12-3-6-15-7-4-12/h3-4,6-7,9-11H,5,8H2,1-2H3. The zero-order valence-electron chi connectivity index (χ0n) is 10.7. The Bertz CT molecular complexity index is 517. The number of hydrogen-bond donors (Lipinski definition) is 0. The highest BCUT2D eigenvalue weighted by atomic mass is 16.1. The van der Waals surface area contributed by atoms with Crippen molar-refractivity contribution in [2.75, 3.05) is 0 Å². The van der Waals surface area contributed by atoms with Gasteiger partial charge >= 0.3 is 0 Å². The Morgan fingerprint density at radius 3 is 2.67 bits per heavy atom. The van der Waals surface area contributed by atoms with E-state index in [1.807, 2.05) is 23.0 Å². The maximum atomic E-state index is 11.1. The molecule has 2 heterocycles. The minimum atomic E-state index is 0.623. The van der Waals surface area contributed by atoms with Gasteiger partial charge in [-0.25, -0.2) is 0 Å². The van der Waals surface area contributed by atoms with Gasteiger partial charge in [-0.2, -0.15) is 5.10 Å². The number of aldehydes is 1. The number of pyridine rings is 1. The van der Waals surface area contributed by atoms with Crippen LogP contribution in [0.3, 0.4) is 0 Å². The summed E-state index contributed by atoms with van der Waals surface area (Å²) < 4.78 is 1.85. The first-order chi connectivity index (χ1) is 8.70. The number of aryl methyl sites for hydroxylation is 1. The zero-order valence-corrected chi connectivity index (χ0v) is 10.7. The lowest BCUT2D eigenvalue weighted by molar-refractivity contribution is 0.112. The van der Waals surface area contributed by atoms with Crippen LogP contribution in [0.25, 0.3) is 11.3 Å². The molecule has 2 aromatic rings. The number of hydrogen-bond acceptors (Lipinski definition) is 3. The van der Waals surface area contributed by atoms with Gasteiger partial charge in [0.05, 0.1) is 5.56 Å². The monoisotopic (exact) mass is 243 g/mol. The van der Waals surface area contributed by atoms with Crippen LogP contribution in [0.1, 0.15) is 30.6 Å². The Labute approximate surface area is 107 Å². The number of rotatable bonds is 5. The highest BCUT2D eigenvalue weighted by Crippen LogP contribution is 2.20. The molecule has 0 atom stereocenters. The molecule has 0 saturated heterocycles. The van der Waals surface area contributed by atoms with Crippen LogP contribution in [0, 0.1) is 5.92 Å². The van der Waals surface area contributed by atoms with Crippen LogP contribution in [0.2, 0.25) is 0 Å². The molecule has 18 heavy (non-hydrogen) atoms. The van der Waals surface area contributed by atoms with Crippen molar-refractivity contribution >= 4 is 6.29 Å². The molecule has 0 saturated carbocycles. The molecule has 0 spiro atoms. The maximum absolute atomic E-state index is 11.1. The van der Waals surface area contributed by atoms with Crippen molar-refractivity contribution in [1.29, 1.82) is 0 Å². The van der Waals surface area contributed by atoms with Gasteiger partial charge in [-0.3, -0.25) is 14.5 Å². The van der Waals surface area contributed by atoms with Gasteiger partial charge in [-0.15, -0.1) is 0 Å². The Morgan fingerprint density at radius 2 is 2.06 bits per heavy atom. The second-order valence-corrected chi connectivity index (χ2v) is 4.73. The van der Waals surface area contributed by atoms with Crippen LogP contribution < -0.4 is 0 Å². The van der Waals surface area contributed by atoms with Crippen LogP contribution in [-0.4, -0.2) is 21.1 Å². The lowest BCUT2D eigenvalue weighted by Gasteiger charge is -2.03. The molecule has 2 rings (SSSR count). The molecule has 0 radical (unpaired) electrons. The number of carbonyl (C=O) groups excluding carboxylic acids is 1. The van der Waals surface area contributed by atoms with Crippen molar-refractivity contribution in [3.8, 4) is 11.3 Å². The van der Waals surface area contributed by atoms with Crippen molar-refractivity contribution in [3.05, 3.63) is 36.3 Å². The highest BCUT2D eigenvalue weighted by molar-refractivity contribution is 5.85. The molecule has 0 aliphatic carbocycles. The Balaban J connectivity index is 2.27. The molecule has 0 N–H and O–H groups in total. The topological polar surface area (TPSA) is 47.8 Å². The molecule has 4 nitrogen and oxygen atoms in total. The van der Waals surface area contributed by atoms with Gasteiger partial charge in [0.25, 0.3) is 0 Å². The minimum Gasteiger partial charge on any atom is -0.298 e. The van der Waals surface area contributed by atoms with Gasteiger partial charge in [0.1, 0.15) is 5.69 Å². The summed E-state index contributed by atoms with van der Waals surface area (Å²) in [7, 11) is 0. The van der Waals surface area contributed by atoms with Gasteiger partial charge < -0.3 is 0 Å². The Morgan fingerprint density at radius 1 is 1.33 bits per heavy atom. The second-order valence-electron chi connectivity index (χ2n) is 4.73. The number of aromatic nitrogens is 3. The Kier molecular flexibility index (Phi) is 3.87. The predicted octanol–water partition coefficient (Wildman–Crippen LogP) is 2.80. The molecular weight excluding hydrogens is 226 g/mol. The SMILES string of the molecule is CC(C)CCn1cc(C=O)c(-c2ccncc2)n1. The van der Waals surface area contributed by atoms with Gasteiger partial charge in [-0.1, -0.05) is 13.8 Å². The molecule has 0 aliphatic heterocycles. The quantitative estimate of drug-likeness (QED) is 0.759. The van der Waals surface area contributed by atoms with E-state index >= 15 is 0 Å². The minimum absolute atomic E-state index is 0.623. The van der Waals surface area contributed by atoms with E-state index in [1.165, 1.54) is 0 Å². The molecule has 4 heteroatoms. The van der Waals surface area contributed by atoms with Crippen molar-refractivity contribution < 1.29 is 4.79 Å². The van der Waals surface area contributed by atoms with Crippen LogP contribution in [0.4, 0.5) is 0 Å². The first-order valence-electron chi connectivity index (χ1n) is 6.13. The maximum Gasteiger partial charge on any atom is 0.153 e. The van der Waals surface area contributed by atoms with E-state index < -0.39 is 0 Å². The molecule has 94 valence electrons. The fraction of sp³-hybridized carbons (Fsp3) is 0.357. The third-order valence-corrected chi connectivity index (χ3v) is 2.81. The first-order valence-corrected chi connectivity index (χ1v) is 6.13. The fourth-order valence-corrected chi connectivity index (χ4v) is 1.76. The molecule has 0 fully saturated rings. The summed E-state index contributed by atoms with van der Waals surface area (Å²) in [6.45, 7) is 5.19. The summed E-state index contributed by atoms with van der Waals surface area (Å²) in [6, 6.07) is 3.73. The zero-order chi connectivity index (χ0) is 13.0.